The second kappa shape index (κ2) is 35.8. The summed E-state index contributed by atoms with van der Waals surface area (Å²) >= 11 is 0. The second-order valence-corrected chi connectivity index (χ2v) is 37.9. The maximum Gasteiger partial charge on any atom is 0.160 e. The molecule has 30 rings (SSSR count). The van der Waals surface area contributed by atoms with Gasteiger partial charge in [-0.2, -0.15) is 0 Å². The Morgan fingerprint density at radius 3 is 0.660 bits per heavy atom. The Bertz CT molecular complexity index is 10400. The fourth-order valence-corrected chi connectivity index (χ4v) is 22.2. The Kier molecular flexibility index (Phi) is 20.8. The Labute approximate surface area is 846 Å². The van der Waals surface area contributed by atoms with Crippen molar-refractivity contribution >= 4 is 162 Å². The van der Waals surface area contributed by atoms with Gasteiger partial charge in [0.25, 0.3) is 0 Å². The topological polar surface area (TPSA) is 92.1 Å². The minimum Gasteiger partial charge on any atom is -0.309 e. The summed E-state index contributed by atoms with van der Waals surface area (Å²) in [6.07, 6.45) is 0. The number of benzene rings is 24. The van der Waals surface area contributed by atoms with Crippen LogP contribution in [0, 0.1) is 0 Å². The van der Waals surface area contributed by atoms with Gasteiger partial charge < -0.3 is 13.7 Å². The summed E-state index contributed by atoms with van der Waals surface area (Å²) in [5.74, 6) is 2.14. The third-order valence-corrected chi connectivity index (χ3v) is 29.3. The molecule has 0 bridgehead atoms. The lowest BCUT2D eigenvalue weighted by Crippen LogP contribution is -1.99. The fraction of sp³-hybridized carbons (Fsp3) is 0. The van der Waals surface area contributed by atoms with Gasteiger partial charge in [-0.05, 0) is 190 Å². The van der Waals surface area contributed by atoms with Crippen LogP contribution in [0.3, 0.4) is 0 Å². The Hall–Kier alpha value is -19.7. The van der Waals surface area contributed by atoms with Gasteiger partial charge in [-0.3, -0.25) is 0 Å². The minimum absolute atomic E-state index is 0.707. The van der Waals surface area contributed by atoms with Crippen molar-refractivity contribution < 1.29 is 0 Å². The van der Waals surface area contributed by atoms with Gasteiger partial charge in [-0.15, -0.1) is 0 Å². The SMILES string of the molecule is c1ccc(-c2cc(-c3ccc(-n4c5ccccc5c5cc6ccccc6cc54)c4ccccc34)nc(-c3ccc4ccccc4c3)n2)cc1.c1ccc(-c2cc(-c3ccc(-n4c5ccccc5c5cc6ccccc6cc54)c4ccccc34)nc(-c3ccccc3)n2)cc1.c1ccc2cc(-c3cc(-c4ccc(-n5c6ccccc6c6cc7ccccc7cc65)c5ccccc45)nc(-c4ccc5ccccc5c4)n3)ccc2c1. The average molecular weight is 1870 g/mol. The van der Waals surface area contributed by atoms with Gasteiger partial charge in [0.2, 0.25) is 0 Å². The van der Waals surface area contributed by atoms with E-state index in [-0.39, 0.29) is 0 Å². The minimum atomic E-state index is 0.707. The summed E-state index contributed by atoms with van der Waals surface area (Å²) < 4.78 is 7.29. The summed E-state index contributed by atoms with van der Waals surface area (Å²) in [5.41, 5.74) is 25.4. The maximum absolute atomic E-state index is 5.33. The van der Waals surface area contributed by atoms with E-state index >= 15 is 0 Å². The van der Waals surface area contributed by atoms with Crippen molar-refractivity contribution in [2.75, 3.05) is 0 Å². The van der Waals surface area contributed by atoms with Gasteiger partial charge in [0.15, 0.2) is 17.5 Å². The van der Waals surface area contributed by atoms with Crippen LogP contribution in [-0.2, 0) is 0 Å². The largest absolute Gasteiger partial charge is 0.309 e. The van der Waals surface area contributed by atoms with Crippen molar-refractivity contribution in [3.8, 4) is 119 Å². The standard InChI is InChI=1S/C50H31N3.C46H29N3.C42H27N3/c1-3-13-34-27-38(23-21-32(34)11-1)45-31-46(52-50(51-45)39-24-22-33-12-2-4-14-35(33)28-39)41-25-26-48(42-18-8-7-17-40(41)42)53-47-20-10-9-19-43(47)44-29-36-15-5-6-16-37(36)30-49(44)53;1-2-13-31(14-3-1)41-29-42(48-46(47-41)35-23-22-30-12-4-5-15-32(30)26-35)37-24-25-44(38-19-9-8-18-36(37)38)49-43-21-11-10-20-39(43)40-27-33-16-6-7-17-34(33)28-45(40)49;1-3-13-28(14-4-1)37-27-38(44-42(43-37)29-15-5-2-6-16-29)33-23-24-40(34-20-10-9-19-32(33)34)45-39-22-12-11-21-35(39)36-25-30-17-7-8-18-31(30)26-41(36)45/h1-31H;1-29H;1-27H. The predicted molar refractivity (Wildman–Crippen MR) is 616 cm³/mol. The molecule has 9 nitrogen and oxygen atoms in total. The maximum atomic E-state index is 5.33. The lowest BCUT2D eigenvalue weighted by Gasteiger charge is -2.16. The average Bonchev–Trinajstić information content (AvgIpc) is 1.60. The fourth-order valence-electron chi connectivity index (χ4n) is 22.2. The van der Waals surface area contributed by atoms with E-state index in [4.69, 9.17) is 29.9 Å². The summed E-state index contributed by atoms with van der Waals surface area (Å²) in [4.78, 5) is 31.1. The molecule has 0 amide bonds. The Balaban J connectivity index is 0.000000107. The van der Waals surface area contributed by atoms with Gasteiger partial charge in [0, 0.05) is 98.5 Å². The number of hydrogen-bond acceptors (Lipinski definition) is 6. The first-order valence-electron chi connectivity index (χ1n) is 50.0. The first-order chi connectivity index (χ1) is 72.8. The first-order valence-corrected chi connectivity index (χ1v) is 50.0. The molecule has 6 heterocycles. The van der Waals surface area contributed by atoms with E-state index < -0.39 is 0 Å². The number of para-hydroxylation sites is 3. The molecule has 9 heteroatoms. The highest BCUT2D eigenvalue weighted by molar-refractivity contribution is 6.19. The van der Waals surface area contributed by atoms with Crippen molar-refractivity contribution in [1.29, 1.82) is 0 Å². The van der Waals surface area contributed by atoms with E-state index in [1.54, 1.807) is 0 Å². The van der Waals surface area contributed by atoms with Crippen molar-refractivity contribution in [3.05, 3.63) is 528 Å². The highest BCUT2D eigenvalue weighted by atomic mass is 15.0. The summed E-state index contributed by atoms with van der Waals surface area (Å²) in [7, 11) is 0. The van der Waals surface area contributed by atoms with Crippen LogP contribution in [0.2, 0.25) is 0 Å². The molecule has 684 valence electrons. The van der Waals surface area contributed by atoms with Crippen LogP contribution in [0.25, 0.3) is 281 Å². The zero-order chi connectivity index (χ0) is 96.9. The first kappa shape index (κ1) is 85.3. The third kappa shape index (κ3) is 15.2. The molecule has 0 aliphatic carbocycles. The molecule has 0 aliphatic heterocycles. The smallest absolute Gasteiger partial charge is 0.160 e. The number of hydrogen-bond donors (Lipinski definition) is 0. The highest BCUT2D eigenvalue weighted by Crippen LogP contribution is 2.47. The Morgan fingerprint density at radius 1 is 0.116 bits per heavy atom. The van der Waals surface area contributed by atoms with Crippen LogP contribution in [0.5, 0.6) is 0 Å². The quantitative estimate of drug-likeness (QED) is 0.121. The zero-order valence-electron chi connectivity index (χ0n) is 79.8. The second-order valence-electron chi connectivity index (χ2n) is 37.9. The molecular formula is C138H87N9. The molecule has 147 heavy (non-hydrogen) atoms. The van der Waals surface area contributed by atoms with Crippen LogP contribution in [0.15, 0.2) is 528 Å². The van der Waals surface area contributed by atoms with Crippen molar-refractivity contribution in [2.24, 2.45) is 0 Å². The van der Waals surface area contributed by atoms with E-state index in [2.05, 4.69) is 511 Å². The predicted octanol–water partition coefficient (Wildman–Crippen LogP) is 36.1. The van der Waals surface area contributed by atoms with E-state index in [0.29, 0.717) is 11.6 Å². The summed E-state index contributed by atoms with van der Waals surface area (Å²) in [6, 6.07) is 188. The van der Waals surface area contributed by atoms with Gasteiger partial charge in [-0.1, -0.05) is 419 Å². The number of fused-ring (bicyclic) bond motifs is 18. The van der Waals surface area contributed by atoms with E-state index in [0.717, 1.165) is 123 Å². The molecule has 0 fully saturated rings. The van der Waals surface area contributed by atoms with E-state index in [1.165, 1.54) is 146 Å². The molecule has 6 aromatic heterocycles. The van der Waals surface area contributed by atoms with Gasteiger partial charge in [0.05, 0.1) is 84.3 Å². The summed E-state index contributed by atoms with van der Waals surface area (Å²) in [6.45, 7) is 0. The van der Waals surface area contributed by atoms with Gasteiger partial charge >= 0.3 is 0 Å². The number of nitrogens with zero attached hydrogens (tertiary/aromatic N) is 9. The van der Waals surface area contributed by atoms with E-state index in [1.807, 2.05) is 30.3 Å². The lowest BCUT2D eigenvalue weighted by molar-refractivity contribution is 1.18. The molecule has 0 N–H and O–H groups in total. The zero-order valence-corrected chi connectivity index (χ0v) is 79.8. The van der Waals surface area contributed by atoms with Crippen LogP contribution < -0.4 is 0 Å². The molecule has 0 radical (unpaired) electrons. The Morgan fingerprint density at radius 2 is 0.340 bits per heavy atom. The third-order valence-electron chi connectivity index (χ3n) is 29.3. The monoisotopic (exact) mass is 1870 g/mol. The molecule has 0 saturated heterocycles. The molecule has 24 aromatic carbocycles. The number of aromatic nitrogens is 9. The van der Waals surface area contributed by atoms with E-state index in [9.17, 15) is 0 Å². The van der Waals surface area contributed by atoms with Crippen molar-refractivity contribution in [1.82, 2.24) is 43.6 Å². The molecule has 0 atom stereocenters. The van der Waals surface area contributed by atoms with Crippen LogP contribution in [0.4, 0.5) is 0 Å². The highest BCUT2D eigenvalue weighted by Gasteiger charge is 2.26. The number of rotatable bonds is 12. The van der Waals surface area contributed by atoms with Crippen LogP contribution >= 0.6 is 0 Å². The molecule has 30 aromatic rings. The normalized spacial score (nSPS) is 11.7. The summed E-state index contributed by atoms with van der Waals surface area (Å²) in [5, 5.41) is 29.0. The van der Waals surface area contributed by atoms with Crippen molar-refractivity contribution in [3.63, 3.8) is 0 Å². The molecule has 0 aliphatic rings. The molecular weight excluding hydrogens is 1780 g/mol. The van der Waals surface area contributed by atoms with Gasteiger partial charge in [-0.25, -0.2) is 29.9 Å². The molecule has 0 unspecified atom stereocenters. The molecule has 0 spiro atoms. The lowest BCUT2D eigenvalue weighted by atomic mass is 9.98. The van der Waals surface area contributed by atoms with Crippen molar-refractivity contribution in [2.45, 2.75) is 0 Å². The van der Waals surface area contributed by atoms with Crippen LogP contribution in [0.1, 0.15) is 0 Å². The van der Waals surface area contributed by atoms with Gasteiger partial charge in [0.1, 0.15) is 0 Å². The van der Waals surface area contributed by atoms with Crippen LogP contribution in [-0.4, -0.2) is 43.6 Å². The molecule has 0 saturated carbocycles.